The van der Waals surface area contributed by atoms with Crippen LogP contribution in [0, 0.1) is 0 Å². The van der Waals surface area contributed by atoms with E-state index in [1.165, 1.54) is 0 Å². The fourth-order valence-corrected chi connectivity index (χ4v) is 1.92. The number of aromatic nitrogens is 4. The number of fused-ring (bicyclic) bond motifs is 1. The molecule has 0 fully saturated rings. The molecule has 6 heteroatoms. The van der Waals surface area contributed by atoms with Crippen molar-refractivity contribution in [2.24, 2.45) is 0 Å². The molecule has 3 aromatic heterocycles. The summed E-state index contributed by atoms with van der Waals surface area (Å²) < 4.78 is 1.62. The van der Waals surface area contributed by atoms with Gasteiger partial charge in [-0.05, 0) is 18.2 Å². The third kappa shape index (κ3) is 1.83. The van der Waals surface area contributed by atoms with Crippen LogP contribution in [0.2, 0.25) is 0 Å². The molecular weight excluding hydrogens is 242 g/mol. The van der Waals surface area contributed by atoms with Gasteiger partial charge in [0, 0.05) is 24.8 Å². The topological polar surface area (TPSA) is 72.7 Å². The molecule has 3 rings (SSSR count). The number of amides is 1. The monoisotopic (exact) mass is 253 g/mol. The number of hydrogen-bond donors (Lipinski definition) is 1. The van der Waals surface area contributed by atoms with Crippen molar-refractivity contribution in [1.29, 1.82) is 0 Å². The first kappa shape index (κ1) is 11.3. The second-order valence-electron chi connectivity index (χ2n) is 3.94. The van der Waals surface area contributed by atoms with Gasteiger partial charge in [-0.2, -0.15) is 5.10 Å². The largest absolute Gasteiger partial charge is 0.355 e. The molecule has 0 aliphatic carbocycles. The predicted molar refractivity (Wildman–Crippen MR) is 70.1 cm³/mol. The van der Waals surface area contributed by atoms with E-state index in [0.29, 0.717) is 16.9 Å². The lowest BCUT2D eigenvalue weighted by atomic mass is 10.2. The molecule has 0 aromatic carbocycles. The van der Waals surface area contributed by atoms with Crippen LogP contribution >= 0.6 is 0 Å². The lowest BCUT2D eigenvalue weighted by Gasteiger charge is -2.08. The zero-order valence-corrected chi connectivity index (χ0v) is 10.2. The van der Waals surface area contributed by atoms with E-state index in [0.717, 1.165) is 5.39 Å². The Morgan fingerprint density at radius 2 is 2.16 bits per heavy atom. The van der Waals surface area contributed by atoms with Crippen molar-refractivity contribution in [3.8, 4) is 5.69 Å². The molecule has 0 aliphatic rings. The highest BCUT2D eigenvalue weighted by molar-refractivity contribution is 5.97. The number of carbonyl (C=O) groups excluding carboxylic acids is 1. The van der Waals surface area contributed by atoms with Gasteiger partial charge in [0.05, 0.1) is 23.6 Å². The SMILES string of the molecule is CNC(=O)c1ccncc1-n1ncc2cccnc21. The number of hydrogen-bond acceptors (Lipinski definition) is 4. The fourth-order valence-electron chi connectivity index (χ4n) is 1.92. The first-order chi connectivity index (χ1) is 9.31. The van der Waals surface area contributed by atoms with Crippen molar-refractivity contribution in [2.45, 2.75) is 0 Å². The van der Waals surface area contributed by atoms with E-state index in [2.05, 4.69) is 20.4 Å². The summed E-state index contributed by atoms with van der Waals surface area (Å²) in [5.41, 5.74) is 1.81. The third-order valence-corrected chi connectivity index (χ3v) is 2.83. The highest BCUT2D eigenvalue weighted by Gasteiger charge is 2.14. The summed E-state index contributed by atoms with van der Waals surface area (Å²) in [5.74, 6) is -0.183. The molecule has 3 heterocycles. The van der Waals surface area contributed by atoms with E-state index in [1.807, 2.05) is 12.1 Å². The summed E-state index contributed by atoms with van der Waals surface area (Å²) in [6.45, 7) is 0. The highest BCUT2D eigenvalue weighted by atomic mass is 16.1. The Hall–Kier alpha value is -2.76. The van der Waals surface area contributed by atoms with E-state index in [9.17, 15) is 4.79 Å². The zero-order valence-electron chi connectivity index (χ0n) is 10.2. The average molecular weight is 253 g/mol. The van der Waals surface area contributed by atoms with Crippen LogP contribution in [0.1, 0.15) is 10.4 Å². The van der Waals surface area contributed by atoms with E-state index in [4.69, 9.17) is 0 Å². The van der Waals surface area contributed by atoms with Gasteiger partial charge in [0.25, 0.3) is 5.91 Å². The molecule has 0 unspecified atom stereocenters. The summed E-state index contributed by atoms with van der Waals surface area (Å²) in [4.78, 5) is 20.2. The van der Waals surface area contributed by atoms with Crippen molar-refractivity contribution < 1.29 is 4.79 Å². The van der Waals surface area contributed by atoms with Crippen molar-refractivity contribution in [2.75, 3.05) is 7.05 Å². The van der Waals surface area contributed by atoms with Crippen molar-refractivity contribution in [3.05, 3.63) is 48.5 Å². The minimum atomic E-state index is -0.183. The Morgan fingerprint density at radius 1 is 1.26 bits per heavy atom. The first-order valence-electron chi connectivity index (χ1n) is 5.76. The molecule has 1 N–H and O–H groups in total. The number of carbonyl (C=O) groups is 1. The van der Waals surface area contributed by atoms with E-state index < -0.39 is 0 Å². The Kier molecular flexibility index (Phi) is 2.68. The molecule has 94 valence electrons. The molecular formula is C13H11N5O. The summed E-state index contributed by atoms with van der Waals surface area (Å²) in [7, 11) is 1.59. The molecule has 3 aromatic rings. The molecule has 0 bridgehead atoms. The van der Waals surface area contributed by atoms with Crippen LogP contribution in [0.5, 0.6) is 0 Å². The lowest BCUT2D eigenvalue weighted by molar-refractivity contribution is 0.0963. The number of nitrogens with one attached hydrogen (secondary N) is 1. The highest BCUT2D eigenvalue weighted by Crippen LogP contribution is 2.18. The summed E-state index contributed by atoms with van der Waals surface area (Å²) >= 11 is 0. The van der Waals surface area contributed by atoms with Crippen LogP contribution in [0.4, 0.5) is 0 Å². The van der Waals surface area contributed by atoms with Gasteiger partial charge in [-0.3, -0.25) is 9.78 Å². The summed E-state index contributed by atoms with van der Waals surface area (Å²) in [5, 5.41) is 7.79. The molecule has 0 saturated carbocycles. The molecule has 1 amide bonds. The summed E-state index contributed by atoms with van der Waals surface area (Å²) in [6, 6.07) is 5.42. The lowest BCUT2D eigenvalue weighted by Crippen LogP contribution is -2.20. The molecule has 6 nitrogen and oxygen atoms in total. The number of nitrogens with zero attached hydrogens (tertiary/aromatic N) is 4. The number of rotatable bonds is 2. The second-order valence-corrected chi connectivity index (χ2v) is 3.94. The Balaban J connectivity index is 2.25. The standard InChI is InChI=1S/C13H11N5O/c1-14-13(19)10-4-6-15-8-11(10)18-12-9(7-17-18)3-2-5-16-12/h2-8H,1H3,(H,14,19). The van der Waals surface area contributed by atoms with E-state index >= 15 is 0 Å². The molecule has 0 radical (unpaired) electrons. The fraction of sp³-hybridized carbons (Fsp3) is 0.0769. The van der Waals surface area contributed by atoms with Gasteiger partial charge in [0.2, 0.25) is 0 Å². The summed E-state index contributed by atoms with van der Waals surface area (Å²) in [6.07, 6.45) is 6.58. The third-order valence-electron chi connectivity index (χ3n) is 2.83. The van der Waals surface area contributed by atoms with E-state index in [1.54, 1.807) is 42.6 Å². The molecule has 0 aliphatic heterocycles. The van der Waals surface area contributed by atoms with Crippen LogP contribution in [-0.4, -0.2) is 32.7 Å². The zero-order chi connectivity index (χ0) is 13.2. The molecule has 0 saturated heterocycles. The van der Waals surface area contributed by atoms with Crippen LogP contribution in [0.3, 0.4) is 0 Å². The first-order valence-corrected chi connectivity index (χ1v) is 5.76. The van der Waals surface area contributed by atoms with Crippen molar-refractivity contribution in [3.63, 3.8) is 0 Å². The minimum absolute atomic E-state index is 0.183. The van der Waals surface area contributed by atoms with Gasteiger partial charge in [0.15, 0.2) is 5.65 Å². The maximum Gasteiger partial charge on any atom is 0.253 e. The Bertz CT molecular complexity index is 749. The van der Waals surface area contributed by atoms with Gasteiger partial charge >= 0.3 is 0 Å². The van der Waals surface area contributed by atoms with Crippen LogP contribution in [0.15, 0.2) is 43.0 Å². The maximum absolute atomic E-state index is 11.9. The van der Waals surface area contributed by atoms with Gasteiger partial charge in [-0.15, -0.1) is 0 Å². The Morgan fingerprint density at radius 3 is 3.00 bits per heavy atom. The van der Waals surface area contributed by atoms with Gasteiger partial charge in [-0.1, -0.05) is 0 Å². The normalized spacial score (nSPS) is 10.6. The van der Waals surface area contributed by atoms with Crippen LogP contribution in [-0.2, 0) is 0 Å². The minimum Gasteiger partial charge on any atom is -0.355 e. The molecule has 0 atom stereocenters. The van der Waals surface area contributed by atoms with E-state index in [-0.39, 0.29) is 5.91 Å². The number of pyridine rings is 2. The van der Waals surface area contributed by atoms with Crippen LogP contribution < -0.4 is 5.32 Å². The second kappa shape index (κ2) is 4.49. The smallest absolute Gasteiger partial charge is 0.253 e. The van der Waals surface area contributed by atoms with Crippen LogP contribution in [0.25, 0.3) is 16.7 Å². The quantitative estimate of drug-likeness (QED) is 0.744. The maximum atomic E-state index is 11.9. The van der Waals surface area contributed by atoms with Gasteiger partial charge in [-0.25, -0.2) is 9.67 Å². The average Bonchev–Trinajstić information content (AvgIpc) is 2.90. The van der Waals surface area contributed by atoms with Crippen molar-refractivity contribution in [1.82, 2.24) is 25.1 Å². The Labute approximate surface area is 109 Å². The predicted octanol–water partition coefficient (Wildman–Crippen LogP) is 1.18. The molecule has 0 spiro atoms. The van der Waals surface area contributed by atoms with Gasteiger partial charge in [0.1, 0.15) is 0 Å². The van der Waals surface area contributed by atoms with Crippen molar-refractivity contribution >= 4 is 16.9 Å². The van der Waals surface area contributed by atoms with Gasteiger partial charge < -0.3 is 5.32 Å². The molecule has 19 heavy (non-hydrogen) atoms.